The number of nitrogens with one attached hydrogen (secondary N) is 1. The molecule has 3 rings (SSSR count). The van der Waals surface area contributed by atoms with Crippen molar-refractivity contribution in [2.75, 3.05) is 6.61 Å². The van der Waals surface area contributed by atoms with Gasteiger partial charge in [0.1, 0.15) is 0 Å². The van der Waals surface area contributed by atoms with E-state index in [2.05, 4.69) is 5.32 Å². The van der Waals surface area contributed by atoms with Gasteiger partial charge in [0.05, 0.1) is 11.5 Å². The number of carbonyl (C=O) groups is 1. The van der Waals surface area contributed by atoms with Crippen LogP contribution in [0.4, 0.5) is 5.69 Å². The van der Waals surface area contributed by atoms with Crippen LogP contribution in [0.15, 0.2) is 18.2 Å². The molecule has 0 aromatic heterocycles. The fourth-order valence-corrected chi connectivity index (χ4v) is 4.34. The van der Waals surface area contributed by atoms with Crippen LogP contribution >= 0.6 is 0 Å². The maximum Gasteiger partial charge on any atom is 0.311 e. The van der Waals surface area contributed by atoms with Crippen LogP contribution in [0.1, 0.15) is 49.4 Å². The van der Waals surface area contributed by atoms with Crippen LogP contribution in [0.5, 0.6) is 5.75 Å². The molecule has 7 nitrogen and oxygen atoms in total. The molecule has 0 saturated heterocycles. The fourth-order valence-electron chi connectivity index (χ4n) is 4.34. The first-order valence-electron chi connectivity index (χ1n) is 8.97. The maximum absolute atomic E-state index is 12.7. The van der Waals surface area contributed by atoms with Crippen molar-refractivity contribution in [3.63, 3.8) is 0 Å². The highest BCUT2D eigenvalue weighted by Gasteiger charge is 2.40. The van der Waals surface area contributed by atoms with Crippen molar-refractivity contribution in [1.82, 2.24) is 5.32 Å². The first-order valence-corrected chi connectivity index (χ1v) is 8.97. The quantitative estimate of drug-likeness (QED) is 0.629. The van der Waals surface area contributed by atoms with E-state index in [1.54, 1.807) is 13.0 Å². The topological polar surface area (TPSA) is 107 Å². The number of hydrogen-bond donors (Lipinski definition) is 2. The van der Waals surface area contributed by atoms with Crippen molar-refractivity contribution in [3.05, 3.63) is 33.9 Å². The third kappa shape index (κ3) is 3.76. The number of nitro benzene ring substituents is 1. The first kappa shape index (κ1) is 17.7. The summed E-state index contributed by atoms with van der Waals surface area (Å²) in [5.41, 5.74) is 6.24. The Bertz CT molecular complexity index is 650. The van der Waals surface area contributed by atoms with Crippen molar-refractivity contribution < 1.29 is 14.5 Å². The molecule has 2 aliphatic rings. The molecule has 7 heteroatoms. The largest absolute Gasteiger partial charge is 0.487 e. The van der Waals surface area contributed by atoms with E-state index < -0.39 is 4.92 Å². The monoisotopic (exact) mass is 347 g/mol. The third-order valence-electron chi connectivity index (χ3n) is 5.39. The number of fused-ring (bicyclic) bond motifs is 2. The van der Waals surface area contributed by atoms with Crippen molar-refractivity contribution in [2.24, 2.45) is 17.6 Å². The molecule has 2 unspecified atom stereocenters. The average molecular weight is 347 g/mol. The van der Waals surface area contributed by atoms with E-state index in [9.17, 15) is 14.9 Å². The molecule has 2 fully saturated rings. The Morgan fingerprint density at radius 3 is 2.64 bits per heavy atom. The van der Waals surface area contributed by atoms with E-state index in [0.29, 0.717) is 24.0 Å². The van der Waals surface area contributed by atoms with Crippen LogP contribution in [0.3, 0.4) is 0 Å². The molecule has 0 aliphatic heterocycles. The second-order valence-electron chi connectivity index (χ2n) is 7.05. The summed E-state index contributed by atoms with van der Waals surface area (Å²) in [4.78, 5) is 23.4. The number of nitrogens with two attached hydrogens (primary N) is 1. The van der Waals surface area contributed by atoms with Crippen LogP contribution in [-0.4, -0.2) is 29.5 Å². The summed E-state index contributed by atoms with van der Waals surface area (Å²) in [6, 6.07) is 4.71. The zero-order valence-corrected chi connectivity index (χ0v) is 14.4. The van der Waals surface area contributed by atoms with Gasteiger partial charge in [-0.05, 0) is 56.6 Å². The van der Waals surface area contributed by atoms with Gasteiger partial charge >= 0.3 is 5.69 Å². The second-order valence-corrected chi connectivity index (χ2v) is 7.05. The lowest BCUT2D eigenvalue weighted by Crippen LogP contribution is -2.53. The van der Waals surface area contributed by atoms with Crippen LogP contribution < -0.4 is 15.8 Å². The lowest BCUT2D eigenvalue weighted by atomic mass is 9.67. The molecule has 2 bridgehead atoms. The van der Waals surface area contributed by atoms with E-state index in [-0.39, 0.29) is 29.4 Å². The normalized spacial score (nSPS) is 28.2. The van der Waals surface area contributed by atoms with Gasteiger partial charge in [-0.1, -0.05) is 6.42 Å². The van der Waals surface area contributed by atoms with E-state index in [1.165, 1.54) is 18.6 Å². The minimum Gasteiger partial charge on any atom is -0.487 e. The van der Waals surface area contributed by atoms with Gasteiger partial charge in [0.25, 0.3) is 5.91 Å². The minimum atomic E-state index is -0.518. The lowest BCUT2D eigenvalue weighted by Gasteiger charge is -2.45. The van der Waals surface area contributed by atoms with Crippen LogP contribution in [0.2, 0.25) is 0 Å². The number of amides is 1. The molecule has 1 amide bonds. The Kier molecular flexibility index (Phi) is 5.22. The summed E-state index contributed by atoms with van der Waals surface area (Å²) in [5, 5.41) is 14.4. The molecule has 0 heterocycles. The van der Waals surface area contributed by atoms with E-state index in [0.717, 1.165) is 25.7 Å². The molecule has 25 heavy (non-hydrogen) atoms. The SMILES string of the molecule is CCOc1ccc(C(=O)NC2C3CCCC2CC(N)C3)cc1[N+](=O)[O-]. The van der Waals surface area contributed by atoms with E-state index in [4.69, 9.17) is 10.5 Å². The molecule has 2 atom stereocenters. The van der Waals surface area contributed by atoms with Gasteiger partial charge in [0, 0.05) is 23.7 Å². The highest BCUT2D eigenvalue weighted by Crippen LogP contribution is 2.40. The highest BCUT2D eigenvalue weighted by atomic mass is 16.6. The molecule has 3 N–H and O–H groups in total. The molecule has 2 aliphatic carbocycles. The maximum atomic E-state index is 12.7. The molecule has 2 saturated carbocycles. The van der Waals surface area contributed by atoms with Crippen molar-refractivity contribution in [3.8, 4) is 5.75 Å². The third-order valence-corrected chi connectivity index (χ3v) is 5.39. The van der Waals surface area contributed by atoms with Crippen LogP contribution in [0.25, 0.3) is 0 Å². The molecule has 1 aromatic carbocycles. The Morgan fingerprint density at radius 2 is 2.04 bits per heavy atom. The minimum absolute atomic E-state index is 0.117. The fraction of sp³-hybridized carbons (Fsp3) is 0.611. The molecule has 0 radical (unpaired) electrons. The van der Waals surface area contributed by atoms with Gasteiger partial charge < -0.3 is 15.8 Å². The smallest absolute Gasteiger partial charge is 0.311 e. The standard InChI is InChI=1S/C18H25N3O4/c1-2-25-16-7-6-13(10-15(16)21(23)24)18(22)20-17-11-4-3-5-12(17)9-14(19)8-11/h6-7,10-12,14,17H,2-5,8-9,19H2,1H3,(H,20,22). The Morgan fingerprint density at radius 1 is 1.36 bits per heavy atom. The first-order chi connectivity index (χ1) is 12.0. The summed E-state index contributed by atoms with van der Waals surface area (Å²) >= 11 is 0. The summed E-state index contributed by atoms with van der Waals surface area (Å²) in [6.07, 6.45) is 5.22. The Hall–Kier alpha value is -2.15. The number of hydrogen-bond acceptors (Lipinski definition) is 5. The van der Waals surface area contributed by atoms with Gasteiger partial charge in [-0.3, -0.25) is 14.9 Å². The van der Waals surface area contributed by atoms with Crippen molar-refractivity contribution in [1.29, 1.82) is 0 Å². The molecular formula is C18H25N3O4. The van der Waals surface area contributed by atoms with Gasteiger partial charge in [-0.25, -0.2) is 0 Å². The molecular weight excluding hydrogens is 322 g/mol. The van der Waals surface area contributed by atoms with Gasteiger partial charge in [0.2, 0.25) is 0 Å². The Balaban J connectivity index is 1.77. The lowest BCUT2D eigenvalue weighted by molar-refractivity contribution is -0.385. The Labute approximate surface area is 147 Å². The molecule has 136 valence electrons. The van der Waals surface area contributed by atoms with Crippen molar-refractivity contribution in [2.45, 2.75) is 51.1 Å². The van der Waals surface area contributed by atoms with Gasteiger partial charge in [-0.2, -0.15) is 0 Å². The number of nitro groups is 1. The summed E-state index contributed by atoms with van der Waals surface area (Å²) in [6.45, 7) is 2.09. The number of rotatable bonds is 5. The van der Waals surface area contributed by atoms with Crippen LogP contribution in [0, 0.1) is 22.0 Å². The van der Waals surface area contributed by atoms with Crippen molar-refractivity contribution >= 4 is 11.6 Å². The molecule has 0 spiro atoms. The average Bonchev–Trinajstić information content (AvgIpc) is 2.56. The molecule has 1 aromatic rings. The predicted octanol–water partition coefficient (Wildman–Crippen LogP) is 2.63. The summed E-state index contributed by atoms with van der Waals surface area (Å²) in [7, 11) is 0. The zero-order chi connectivity index (χ0) is 18.0. The van der Waals surface area contributed by atoms with Gasteiger partial charge in [-0.15, -0.1) is 0 Å². The number of carbonyl (C=O) groups excluding carboxylic acids is 1. The van der Waals surface area contributed by atoms with E-state index >= 15 is 0 Å². The second kappa shape index (κ2) is 7.39. The summed E-state index contributed by atoms with van der Waals surface area (Å²) < 4.78 is 5.27. The summed E-state index contributed by atoms with van der Waals surface area (Å²) in [5.74, 6) is 0.737. The zero-order valence-electron chi connectivity index (χ0n) is 14.4. The van der Waals surface area contributed by atoms with E-state index in [1.807, 2.05) is 0 Å². The number of benzene rings is 1. The number of ether oxygens (including phenoxy) is 1. The highest BCUT2D eigenvalue weighted by molar-refractivity contribution is 5.95. The number of nitrogens with zero attached hydrogens (tertiary/aromatic N) is 1. The predicted molar refractivity (Wildman–Crippen MR) is 93.6 cm³/mol. The van der Waals surface area contributed by atoms with Gasteiger partial charge in [0.15, 0.2) is 5.75 Å². The van der Waals surface area contributed by atoms with Crippen LogP contribution in [-0.2, 0) is 0 Å².